The summed E-state index contributed by atoms with van der Waals surface area (Å²) in [6, 6.07) is 0. The Kier molecular flexibility index (Phi) is 3.97. The van der Waals surface area contributed by atoms with Gasteiger partial charge in [-0.3, -0.25) is 0 Å². The fraction of sp³-hybridized carbons (Fsp3) is 1.00. The summed E-state index contributed by atoms with van der Waals surface area (Å²) in [5.74, 6) is 0.170. The van der Waals surface area contributed by atoms with E-state index >= 15 is 0 Å². The van der Waals surface area contributed by atoms with Crippen molar-refractivity contribution in [2.45, 2.75) is 0 Å². The average molecular weight is 122 g/mol. The summed E-state index contributed by atoms with van der Waals surface area (Å²) in [6.45, 7) is 0.248. The van der Waals surface area contributed by atoms with Crippen molar-refractivity contribution in [3.05, 3.63) is 4.91 Å². The Balaban J connectivity index is 2.98. The molecule has 0 aromatic heterocycles. The van der Waals surface area contributed by atoms with Crippen LogP contribution in [0.1, 0.15) is 0 Å². The van der Waals surface area contributed by atoms with Gasteiger partial charge in [-0.25, -0.2) is 0 Å². The van der Waals surface area contributed by atoms with Gasteiger partial charge < -0.3 is 10.3 Å². The maximum atomic E-state index is 9.96. The van der Waals surface area contributed by atoms with E-state index in [9.17, 15) is 9.46 Å². The molecule has 0 aromatic carbocycles. The predicted octanol–water partition coefficient (Wildman–Crippen LogP) is -0.625. The number of nitrogens with two attached hydrogens (primary N) is 1. The fourth-order valence-corrected chi connectivity index (χ4v) is 0.414. The van der Waals surface area contributed by atoms with E-state index in [0.29, 0.717) is 0 Å². The van der Waals surface area contributed by atoms with Gasteiger partial charge in [0.25, 0.3) is 0 Å². The lowest BCUT2D eigenvalue weighted by Crippen LogP contribution is -2.12. The number of nitrogens with zero attached hydrogens (tertiary/aromatic N) is 1. The van der Waals surface area contributed by atoms with Crippen molar-refractivity contribution < 1.29 is 4.55 Å². The lowest BCUT2D eigenvalue weighted by Gasteiger charge is -1.92. The Hall–Kier alpha value is -0.130. The largest absolute Gasteiger partial charge is 0.589 e. The van der Waals surface area contributed by atoms with Crippen molar-refractivity contribution >= 4 is 11.4 Å². The molecule has 0 saturated heterocycles. The minimum Gasteiger partial charge on any atom is -0.589 e. The molecule has 5 heteroatoms. The van der Waals surface area contributed by atoms with E-state index in [2.05, 4.69) is 4.58 Å². The summed E-state index contributed by atoms with van der Waals surface area (Å²) in [5.41, 5.74) is 4.91. The van der Waals surface area contributed by atoms with Crippen LogP contribution >= 0.6 is 0 Å². The number of nitroso groups, excluding NO2 is 1. The van der Waals surface area contributed by atoms with Crippen molar-refractivity contribution in [2.24, 2.45) is 10.3 Å². The lowest BCUT2D eigenvalue weighted by atomic mass is 10.8. The topological polar surface area (TPSA) is 78.5 Å². The van der Waals surface area contributed by atoms with Crippen LogP contribution in [0.5, 0.6) is 0 Å². The zero-order chi connectivity index (χ0) is 5.70. The van der Waals surface area contributed by atoms with Crippen molar-refractivity contribution in [2.75, 3.05) is 12.3 Å². The van der Waals surface area contributed by atoms with E-state index < -0.39 is 11.4 Å². The quantitative estimate of drug-likeness (QED) is 0.400. The molecule has 2 N–H and O–H groups in total. The first-order valence-corrected chi connectivity index (χ1v) is 3.00. The van der Waals surface area contributed by atoms with E-state index in [1.807, 2.05) is 0 Å². The molecule has 0 saturated carbocycles. The third-order valence-corrected chi connectivity index (χ3v) is 1.13. The second-order valence-corrected chi connectivity index (χ2v) is 2.09. The van der Waals surface area contributed by atoms with Gasteiger partial charge in [-0.05, 0) is 0 Å². The van der Waals surface area contributed by atoms with E-state index in [1.165, 1.54) is 0 Å². The molecule has 0 spiro atoms. The molecule has 0 heterocycles. The molecule has 4 nitrogen and oxygen atoms in total. The highest BCUT2D eigenvalue weighted by Crippen LogP contribution is 1.86. The molecule has 0 aromatic rings. The van der Waals surface area contributed by atoms with Crippen LogP contribution in [0.15, 0.2) is 4.58 Å². The molecule has 42 valence electrons. The van der Waals surface area contributed by atoms with Crippen LogP contribution < -0.4 is 5.73 Å². The van der Waals surface area contributed by atoms with Crippen LogP contribution in [0.25, 0.3) is 0 Å². The highest BCUT2D eigenvalue weighted by atomic mass is 32.2. The smallest absolute Gasteiger partial charge is 0.168 e. The summed E-state index contributed by atoms with van der Waals surface area (Å²) < 4.78 is 12.2. The molecule has 0 aliphatic carbocycles. The van der Waals surface area contributed by atoms with Gasteiger partial charge in [0, 0.05) is 6.54 Å². The molecular formula is C2H6N2O2S. The minimum absolute atomic E-state index is 0.170. The van der Waals surface area contributed by atoms with E-state index in [4.69, 9.17) is 5.73 Å². The predicted molar refractivity (Wildman–Crippen MR) is 27.9 cm³/mol. The van der Waals surface area contributed by atoms with Crippen LogP contribution in [0.2, 0.25) is 0 Å². The van der Waals surface area contributed by atoms with Crippen LogP contribution in [-0.2, 0) is 11.4 Å². The average Bonchev–Trinajstić information content (AvgIpc) is 1.68. The summed E-state index contributed by atoms with van der Waals surface area (Å²) in [6.07, 6.45) is 0. The van der Waals surface area contributed by atoms with Crippen molar-refractivity contribution in [1.82, 2.24) is 0 Å². The first-order chi connectivity index (χ1) is 3.31. The van der Waals surface area contributed by atoms with Gasteiger partial charge in [-0.2, -0.15) is 0 Å². The summed E-state index contributed by atoms with van der Waals surface area (Å²) in [4.78, 5) is 9.29. The molecule has 0 rings (SSSR count). The Morgan fingerprint density at radius 1 is 1.86 bits per heavy atom. The second kappa shape index (κ2) is 4.04. The van der Waals surface area contributed by atoms with Crippen molar-refractivity contribution in [1.29, 1.82) is 0 Å². The molecule has 0 aliphatic rings. The van der Waals surface area contributed by atoms with Gasteiger partial charge in [0.15, 0.2) is 4.58 Å². The van der Waals surface area contributed by atoms with E-state index in [-0.39, 0.29) is 12.3 Å². The first-order valence-electron chi connectivity index (χ1n) is 1.73. The Bertz CT molecular complexity index is 59.7. The van der Waals surface area contributed by atoms with Crippen LogP contribution in [0.3, 0.4) is 0 Å². The van der Waals surface area contributed by atoms with Gasteiger partial charge in [-0.1, -0.05) is 4.91 Å². The second-order valence-electron chi connectivity index (χ2n) is 0.889. The normalized spacial score (nSPS) is 13.4. The molecule has 0 aliphatic heterocycles. The maximum absolute atomic E-state index is 9.96. The van der Waals surface area contributed by atoms with Gasteiger partial charge in [-0.15, -0.1) is 0 Å². The van der Waals surface area contributed by atoms with Gasteiger partial charge in [0.1, 0.15) is 17.1 Å². The van der Waals surface area contributed by atoms with Crippen LogP contribution in [0, 0.1) is 4.91 Å². The Morgan fingerprint density at radius 2 is 2.43 bits per heavy atom. The summed E-state index contributed by atoms with van der Waals surface area (Å²) >= 11 is -1.58. The number of rotatable bonds is 3. The van der Waals surface area contributed by atoms with E-state index in [1.54, 1.807) is 0 Å². The maximum Gasteiger partial charge on any atom is 0.168 e. The summed E-state index contributed by atoms with van der Waals surface area (Å²) in [7, 11) is 0. The third-order valence-electron chi connectivity index (χ3n) is 0.376. The van der Waals surface area contributed by atoms with Crippen LogP contribution in [-0.4, -0.2) is 16.9 Å². The number of hydrogen-bond donors (Lipinski definition) is 1. The highest BCUT2D eigenvalue weighted by Gasteiger charge is 2.00. The SMILES string of the molecule is NCC[S+]([O-])N=O. The van der Waals surface area contributed by atoms with E-state index in [0.717, 1.165) is 0 Å². The lowest BCUT2D eigenvalue weighted by molar-refractivity contribution is 0.596. The fourth-order valence-electron chi connectivity index (χ4n) is 0.138. The first kappa shape index (κ1) is 6.87. The number of hydrogen-bond acceptors (Lipinski definition) is 4. The van der Waals surface area contributed by atoms with Gasteiger partial charge in [0.2, 0.25) is 0 Å². The molecular weight excluding hydrogens is 116 g/mol. The monoisotopic (exact) mass is 122 g/mol. The molecule has 0 bridgehead atoms. The zero-order valence-corrected chi connectivity index (χ0v) is 4.48. The van der Waals surface area contributed by atoms with Crippen LogP contribution in [0.4, 0.5) is 0 Å². The zero-order valence-electron chi connectivity index (χ0n) is 3.66. The minimum atomic E-state index is -1.58. The Labute approximate surface area is 44.4 Å². The summed E-state index contributed by atoms with van der Waals surface area (Å²) in [5, 5.41) is 0. The molecule has 0 radical (unpaired) electrons. The van der Waals surface area contributed by atoms with Gasteiger partial charge >= 0.3 is 0 Å². The van der Waals surface area contributed by atoms with Crippen molar-refractivity contribution in [3.8, 4) is 0 Å². The molecule has 1 unspecified atom stereocenters. The molecule has 1 atom stereocenters. The molecule has 0 fully saturated rings. The third kappa shape index (κ3) is 3.71. The Morgan fingerprint density at radius 3 is 2.57 bits per heavy atom. The standard InChI is InChI=1S/C2H6N2O2S/c3-1-2-7(6)4-5/h1-3H2. The van der Waals surface area contributed by atoms with Crippen molar-refractivity contribution in [3.63, 3.8) is 0 Å². The highest BCUT2D eigenvalue weighted by molar-refractivity contribution is 7.89. The van der Waals surface area contributed by atoms with Gasteiger partial charge in [0.05, 0.1) is 0 Å². The molecule has 7 heavy (non-hydrogen) atoms. The molecule has 0 amide bonds.